The fourth-order valence-corrected chi connectivity index (χ4v) is 5.81. The van der Waals surface area contributed by atoms with Crippen LogP contribution in [-0.4, -0.2) is 46.5 Å². The maximum absolute atomic E-state index is 15.1. The van der Waals surface area contributed by atoms with Crippen LogP contribution in [0.4, 0.5) is 14.9 Å². The summed E-state index contributed by atoms with van der Waals surface area (Å²) < 4.78 is 20.6. The van der Waals surface area contributed by atoms with Gasteiger partial charge < -0.3 is 15.4 Å². The molecule has 0 radical (unpaired) electrons. The van der Waals surface area contributed by atoms with Crippen LogP contribution in [0.5, 0.6) is 0 Å². The van der Waals surface area contributed by atoms with E-state index in [-0.39, 0.29) is 24.3 Å². The molecule has 5 rings (SSSR count). The molecular weight excluding hydrogens is 487 g/mol. The van der Waals surface area contributed by atoms with Crippen LogP contribution in [0.15, 0.2) is 36.4 Å². The van der Waals surface area contributed by atoms with Crippen LogP contribution in [0, 0.1) is 23.1 Å². The Morgan fingerprint density at radius 1 is 1.21 bits per heavy atom. The van der Waals surface area contributed by atoms with E-state index in [1.165, 1.54) is 11.0 Å². The van der Waals surface area contributed by atoms with Gasteiger partial charge in [-0.15, -0.1) is 0 Å². The summed E-state index contributed by atoms with van der Waals surface area (Å²) in [5, 5.41) is 15.3. The third kappa shape index (κ3) is 5.08. The van der Waals surface area contributed by atoms with Gasteiger partial charge in [-0.3, -0.25) is 14.5 Å². The molecule has 2 aromatic carbocycles. The zero-order valence-electron chi connectivity index (χ0n) is 21.7. The maximum Gasteiger partial charge on any atom is 0.411 e. The van der Waals surface area contributed by atoms with Gasteiger partial charge in [0.25, 0.3) is 0 Å². The molecule has 4 atom stereocenters. The van der Waals surface area contributed by atoms with Crippen LogP contribution in [0.25, 0.3) is 11.1 Å². The molecule has 3 aliphatic rings. The number of hydrogen-bond acceptors (Lipinski definition) is 5. The topological polar surface area (TPSA) is 112 Å². The lowest BCUT2D eigenvalue weighted by atomic mass is 9.96. The molecule has 198 valence electrons. The maximum atomic E-state index is 15.1. The number of fused-ring (bicyclic) bond motifs is 3. The molecule has 2 aliphatic heterocycles. The van der Waals surface area contributed by atoms with Gasteiger partial charge in [-0.05, 0) is 86.4 Å². The summed E-state index contributed by atoms with van der Waals surface area (Å²) in [5.41, 5.74) is 2.69. The zero-order valence-corrected chi connectivity index (χ0v) is 21.7. The molecule has 2 N–H and O–H groups in total. The molecule has 9 heteroatoms. The van der Waals surface area contributed by atoms with Gasteiger partial charge in [-0.2, -0.15) is 5.26 Å². The second kappa shape index (κ2) is 9.75. The van der Waals surface area contributed by atoms with Gasteiger partial charge in [-0.25, -0.2) is 9.18 Å². The Hall–Kier alpha value is -3.93. The predicted molar refractivity (Wildman–Crippen MR) is 138 cm³/mol. The van der Waals surface area contributed by atoms with E-state index in [0.717, 1.165) is 36.1 Å². The monoisotopic (exact) mass is 518 g/mol. The van der Waals surface area contributed by atoms with Crippen molar-refractivity contribution in [3.8, 4) is 17.2 Å². The fourth-order valence-electron chi connectivity index (χ4n) is 5.81. The Balaban J connectivity index is 1.27. The highest BCUT2D eigenvalue weighted by Crippen LogP contribution is 2.43. The van der Waals surface area contributed by atoms with Crippen molar-refractivity contribution in [1.82, 2.24) is 10.2 Å². The Bertz CT molecular complexity index is 1350. The Kier molecular flexibility index (Phi) is 6.59. The number of carbonyl (C=O) groups is 3. The lowest BCUT2D eigenvalue weighted by Gasteiger charge is -2.35. The molecule has 8 nitrogen and oxygen atoms in total. The van der Waals surface area contributed by atoms with Crippen molar-refractivity contribution < 1.29 is 23.5 Å². The van der Waals surface area contributed by atoms with E-state index in [1.54, 1.807) is 39.0 Å². The SMILES string of the molecule is CC(C)(C)OC(=O)N1[C@@H]2CC[C@@H](C2)[C@H]1C(=O)NC(C#N)Cc1ccc(-c2ccc3c(c2)CC(=O)N3)cc1F. The van der Waals surface area contributed by atoms with E-state index in [9.17, 15) is 19.6 Å². The minimum Gasteiger partial charge on any atom is -0.444 e. The highest BCUT2D eigenvalue weighted by atomic mass is 19.1. The number of amides is 3. The summed E-state index contributed by atoms with van der Waals surface area (Å²) in [4.78, 5) is 39.3. The summed E-state index contributed by atoms with van der Waals surface area (Å²) in [6.07, 6.45) is 2.15. The van der Waals surface area contributed by atoms with Crippen molar-refractivity contribution in [3.63, 3.8) is 0 Å². The minimum absolute atomic E-state index is 0.00971. The summed E-state index contributed by atoms with van der Waals surface area (Å²) in [5.74, 6) is -0.946. The number of benzene rings is 2. The normalized spacial score (nSPS) is 22.4. The smallest absolute Gasteiger partial charge is 0.411 e. The van der Waals surface area contributed by atoms with E-state index in [4.69, 9.17) is 4.74 Å². The first-order valence-corrected chi connectivity index (χ1v) is 13.0. The molecule has 1 unspecified atom stereocenters. The van der Waals surface area contributed by atoms with Gasteiger partial charge in [0.15, 0.2) is 0 Å². The third-order valence-electron chi connectivity index (χ3n) is 7.47. The first-order valence-electron chi connectivity index (χ1n) is 13.0. The van der Waals surface area contributed by atoms with E-state index < -0.39 is 35.5 Å². The van der Waals surface area contributed by atoms with Crippen molar-refractivity contribution in [2.24, 2.45) is 5.92 Å². The molecule has 0 spiro atoms. The molecule has 2 bridgehead atoms. The first-order chi connectivity index (χ1) is 18.0. The van der Waals surface area contributed by atoms with E-state index >= 15 is 4.39 Å². The molecule has 1 aliphatic carbocycles. The standard InChI is InChI=1S/C29H31FN4O4/c1-29(2,3)38-28(37)34-22-8-6-19(12-22)26(34)27(36)32-21(15-31)11-18-5-4-17(13-23(18)30)16-7-9-24-20(10-16)14-25(35)33-24/h4-5,7,9-10,13,19,21-22,26H,6,8,11-12,14H2,1-3H3,(H,32,36)(H,33,35)/t19-,21?,22+,26-/m0/s1. The molecule has 2 fully saturated rings. The molecule has 3 amide bonds. The molecule has 0 aromatic heterocycles. The summed E-state index contributed by atoms with van der Waals surface area (Å²) in [6, 6.07) is 10.6. The molecule has 1 saturated carbocycles. The highest BCUT2D eigenvalue weighted by molar-refractivity contribution is 5.99. The molecule has 38 heavy (non-hydrogen) atoms. The average Bonchev–Trinajstić information content (AvgIpc) is 3.56. The molecule has 2 heterocycles. The van der Waals surface area contributed by atoms with Gasteiger partial charge >= 0.3 is 6.09 Å². The minimum atomic E-state index is -0.959. The number of likely N-dealkylation sites (tertiary alicyclic amines) is 1. The summed E-state index contributed by atoms with van der Waals surface area (Å²) >= 11 is 0. The van der Waals surface area contributed by atoms with Crippen LogP contribution < -0.4 is 10.6 Å². The predicted octanol–water partition coefficient (Wildman–Crippen LogP) is 4.33. The Morgan fingerprint density at radius 2 is 1.95 bits per heavy atom. The zero-order chi connectivity index (χ0) is 27.2. The van der Waals surface area contributed by atoms with Crippen LogP contribution >= 0.6 is 0 Å². The Labute approximate surface area is 221 Å². The summed E-state index contributed by atoms with van der Waals surface area (Å²) in [6.45, 7) is 5.34. The van der Waals surface area contributed by atoms with Gasteiger partial charge in [0.05, 0.1) is 12.5 Å². The second-order valence-electron chi connectivity index (χ2n) is 11.4. The quantitative estimate of drug-likeness (QED) is 0.612. The van der Waals surface area contributed by atoms with Gasteiger partial charge in [0.2, 0.25) is 11.8 Å². The lowest BCUT2D eigenvalue weighted by Crippen LogP contribution is -2.55. The van der Waals surface area contributed by atoms with Crippen molar-refractivity contribution in [2.75, 3.05) is 5.32 Å². The first kappa shape index (κ1) is 25.7. The average molecular weight is 519 g/mol. The van der Waals surface area contributed by atoms with Crippen molar-refractivity contribution in [2.45, 2.75) is 76.6 Å². The van der Waals surface area contributed by atoms with Crippen LogP contribution in [0.2, 0.25) is 0 Å². The number of nitrogens with zero attached hydrogens (tertiary/aromatic N) is 2. The number of halogens is 1. The number of piperidine rings is 1. The van der Waals surface area contributed by atoms with Crippen molar-refractivity contribution >= 4 is 23.6 Å². The number of hydrogen-bond donors (Lipinski definition) is 2. The van der Waals surface area contributed by atoms with Crippen molar-refractivity contribution in [1.29, 1.82) is 5.26 Å². The fraction of sp³-hybridized carbons (Fsp3) is 0.448. The van der Waals surface area contributed by atoms with Gasteiger partial charge in [-0.1, -0.05) is 18.2 Å². The Morgan fingerprint density at radius 3 is 2.66 bits per heavy atom. The molecular formula is C29H31FN4O4. The number of rotatable bonds is 5. The third-order valence-corrected chi connectivity index (χ3v) is 7.47. The number of nitrogens with one attached hydrogen (secondary N) is 2. The molecule has 2 aromatic rings. The second-order valence-corrected chi connectivity index (χ2v) is 11.4. The van der Waals surface area contributed by atoms with E-state index in [0.29, 0.717) is 17.5 Å². The van der Waals surface area contributed by atoms with Crippen molar-refractivity contribution in [3.05, 3.63) is 53.3 Å². The number of nitriles is 1. The lowest BCUT2D eigenvalue weighted by molar-refractivity contribution is -0.128. The van der Waals surface area contributed by atoms with Gasteiger partial charge in [0, 0.05) is 18.2 Å². The van der Waals surface area contributed by atoms with E-state index in [2.05, 4.69) is 16.7 Å². The van der Waals surface area contributed by atoms with E-state index in [1.807, 2.05) is 12.1 Å². The number of ether oxygens (including phenoxy) is 1. The van der Waals surface area contributed by atoms with Gasteiger partial charge in [0.1, 0.15) is 23.5 Å². The van der Waals surface area contributed by atoms with Crippen LogP contribution in [-0.2, 0) is 27.2 Å². The van der Waals surface area contributed by atoms with Crippen LogP contribution in [0.3, 0.4) is 0 Å². The highest BCUT2D eigenvalue weighted by Gasteiger charge is 2.52. The van der Waals surface area contributed by atoms with Crippen LogP contribution in [0.1, 0.15) is 51.2 Å². The number of carbonyl (C=O) groups excluding carboxylic acids is 3. The largest absolute Gasteiger partial charge is 0.444 e. The number of anilines is 1. The molecule has 1 saturated heterocycles. The summed E-state index contributed by atoms with van der Waals surface area (Å²) in [7, 11) is 0.